The molecule has 2 aromatic rings. The van der Waals surface area contributed by atoms with Crippen molar-refractivity contribution in [3.05, 3.63) is 46.1 Å². The lowest BCUT2D eigenvalue weighted by atomic mass is 9.96. The fourth-order valence-electron chi connectivity index (χ4n) is 1.95. The van der Waals surface area contributed by atoms with Crippen LogP contribution in [-0.4, -0.2) is 21.6 Å². The smallest absolute Gasteiger partial charge is 0.354 e. The van der Waals surface area contributed by atoms with Gasteiger partial charge in [0.05, 0.1) is 13.7 Å². The first-order valence-electron chi connectivity index (χ1n) is 7.53. The SMILES string of the molecule is C#CCn1c(OCc2ccc(OC)cc2)nc(C(C)(C)C)nc1=O. The van der Waals surface area contributed by atoms with Crippen molar-refractivity contribution in [1.82, 2.24) is 14.5 Å². The molecule has 0 N–H and O–H groups in total. The lowest BCUT2D eigenvalue weighted by molar-refractivity contribution is 0.257. The average Bonchev–Trinajstić information content (AvgIpc) is 2.54. The van der Waals surface area contributed by atoms with Crippen molar-refractivity contribution < 1.29 is 9.47 Å². The number of rotatable bonds is 5. The highest BCUT2D eigenvalue weighted by Crippen LogP contribution is 2.19. The summed E-state index contributed by atoms with van der Waals surface area (Å²) in [6.45, 7) is 6.11. The average molecular weight is 327 g/mol. The van der Waals surface area contributed by atoms with Gasteiger partial charge in [0.2, 0.25) is 0 Å². The molecule has 2 rings (SSSR count). The molecule has 24 heavy (non-hydrogen) atoms. The topological polar surface area (TPSA) is 66.2 Å². The number of hydrogen-bond donors (Lipinski definition) is 0. The molecule has 0 bridgehead atoms. The summed E-state index contributed by atoms with van der Waals surface area (Å²) < 4.78 is 12.1. The molecule has 0 amide bonds. The molecule has 0 atom stereocenters. The van der Waals surface area contributed by atoms with Crippen LogP contribution in [0.2, 0.25) is 0 Å². The molecule has 0 spiro atoms. The van der Waals surface area contributed by atoms with Crippen molar-refractivity contribution >= 4 is 0 Å². The van der Waals surface area contributed by atoms with Crippen molar-refractivity contribution in [1.29, 1.82) is 0 Å². The zero-order chi connectivity index (χ0) is 17.7. The third-order valence-electron chi connectivity index (χ3n) is 3.31. The Hall–Kier alpha value is -2.81. The molecule has 1 heterocycles. The Morgan fingerprint density at radius 1 is 1.21 bits per heavy atom. The molecule has 6 nitrogen and oxygen atoms in total. The van der Waals surface area contributed by atoms with Gasteiger partial charge in [0, 0.05) is 5.41 Å². The van der Waals surface area contributed by atoms with Crippen molar-refractivity contribution in [2.45, 2.75) is 39.3 Å². The molecule has 0 radical (unpaired) electrons. The van der Waals surface area contributed by atoms with Gasteiger partial charge in [-0.05, 0) is 17.7 Å². The molecule has 0 aliphatic carbocycles. The van der Waals surface area contributed by atoms with Crippen LogP contribution in [0.4, 0.5) is 0 Å². The van der Waals surface area contributed by atoms with Gasteiger partial charge in [-0.15, -0.1) is 6.42 Å². The number of benzene rings is 1. The molecule has 126 valence electrons. The number of nitrogens with zero attached hydrogens (tertiary/aromatic N) is 3. The number of aromatic nitrogens is 3. The molecular formula is C18H21N3O3. The fraction of sp³-hybridized carbons (Fsp3) is 0.389. The summed E-state index contributed by atoms with van der Waals surface area (Å²) in [5.41, 5.74) is 0.0936. The highest BCUT2D eigenvalue weighted by Gasteiger charge is 2.21. The minimum absolute atomic E-state index is 0.0567. The summed E-state index contributed by atoms with van der Waals surface area (Å²) in [4.78, 5) is 20.6. The lowest BCUT2D eigenvalue weighted by Gasteiger charge is -2.18. The summed E-state index contributed by atoms with van der Waals surface area (Å²) in [5.74, 6) is 3.61. The summed E-state index contributed by atoms with van der Waals surface area (Å²) in [6, 6.07) is 7.62. The molecule has 0 saturated heterocycles. The van der Waals surface area contributed by atoms with Crippen molar-refractivity contribution in [2.75, 3.05) is 7.11 Å². The van der Waals surface area contributed by atoms with E-state index >= 15 is 0 Å². The minimum Gasteiger partial charge on any atom is -0.497 e. The van der Waals surface area contributed by atoms with Gasteiger partial charge in [-0.25, -0.2) is 9.36 Å². The van der Waals surface area contributed by atoms with Crippen LogP contribution in [0.3, 0.4) is 0 Å². The molecule has 0 aliphatic heterocycles. The Bertz CT molecular complexity index is 796. The van der Waals surface area contributed by atoms with Gasteiger partial charge < -0.3 is 9.47 Å². The van der Waals surface area contributed by atoms with Crippen LogP contribution >= 0.6 is 0 Å². The van der Waals surface area contributed by atoms with E-state index in [0.717, 1.165) is 11.3 Å². The Balaban J connectivity index is 2.30. The Morgan fingerprint density at radius 2 is 1.88 bits per heavy atom. The number of terminal acetylenes is 1. The van der Waals surface area contributed by atoms with E-state index in [1.54, 1.807) is 7.11 Å². The number of ether oxygens (including phenoxy) is 2. The fourth-order valence-corrected chi connectivity index (χ4v) is 1.95. The van der Waals surface area contributed by atoms with Crippen LogP contribution in [0.1, 0.15) is 32.2 Å². The van der Waals surface area contributed by atoms with Crippen LogP contribution in [0.5, 0.6) is 11.8 Å². The van der Waals surface area contributed by atoms with Crippen molar-refractivity contribution in [2.24, 2.45) is 0 Å². The van der Waals surface area contributed by atoms with Gasteiger partial charge in [0.25, 0.3) is 0 Å². The third kappa shape index (κ3) is 4.13. The zero-order valence-corrected chi connectivity index (χ0v) is 14.4. The number of methoxy groups -OCH3 is 1. The first-order valence-corrected chi connectivity index (χ1v) is 7.53. The maximum Gasteiger partial charge on any atom is 0.354 e. The predicted molar refractivity (Wildman–Crippen MR) is 91.2 cm³/mol. The third-order valence-corrected chi connectivity index (χ3v) is 3.31. The lowest BCUT2D eigenvalue weighted by Crippen LogP contribution is -2.31. The summed E-state index contributed by atoms with van der Waals surface area (Å²) in [5, 5.41) is 0. The summed E-state index contributed by atoms with van der Waals surface area (Å²) in [7, 11) is 1.61. The predicted octanol–water partition coefficient (Wildman–Crippen LogP) is 2.16. The maximum absolute atomic E-state index is 12.2. The van der Waals surface area contributed by atoms with Gasteiger partial charge in [-0.3, -0.25) is 0 Å². The first-order chi connectivity index (χ1) is 11.3. The van der Waals surface area contributed by atoms with E-state index in [-0.39, 0.29) is 24.6 Å². The molecule has 0 aliphatic rings. The Morgan fingerprint density at radius 3 is 2.42 bits per heavy atom. The van der Waals surface area contributed by atoms with Crippen molar-refractivity contribution in [3.63, 3.8) is 0 Å². The van der Waals surface area contributed by atoms with Crippen LogP contribution < -0.4 is 15.2 Å². The summed E-state index contributed by atoms with van der Waals surface area (Å²) in [6.07, 6.45) is 5.33. The van der Waals surface area contributed by atoms with E-state index in [9.17, 15) is 4.79 Å². The van der Waals surface area contributed by atoms with E-state index < -0.39 is 5.69 Å². The van der Waals surface area contributed by atoms with E-state index in [1.807, 2.05) is 45.0 Å². The zero-order valence-electron chi connectivity index (χ0n) is 14.4. The van der Waals surface area contributed by atoms with E-state index in [4.69, 9.17) is 15.9 Å². The van der Waals surface area contributed by atoms with Gasteiger partial charge >= 0.3 is 11.7 Å². The monoisotopic (exact) mass is 327 g/mol. The van der Waals surface area contributed by atoms with E-state index in [1.165, 1.54) is 4.57 Å². The largest absolute Gasteiger partial charge is 0.497 e. The standard InChI is InChI=1S/C18H21N3O3/c1-6-11-21-16(22)19-15(18(2,3)4)20-17(21)24-12-13-7-9-14(23-5)10-8-13/h1,7-10H,11-12H2,2-5H3. The second-order valence-electron chi connectivity index (χ2n) is 6.29. The highest BCUT2D eigenvalue weighted by atomic mass is 16.5. The van der Waals surface area contributed by atoms with Gasteiger partial charge in [-0.1, -0.05) is 38.8 Å². The molecule has 1 aromatic carbocycles. The maximum atomic E-state index is 12.2. The second kappa shape index (κ2) is 7.18. The quantitative estimate of drug-likeness (QED) is 0.787. The van der Waals surface area contributed by atoms with Crippen LogP contribution in [0, 0.1) is 12.3 Å². The molecular weight excluding hydrogens is 306 g/mol. The van der Waals surface area contributed by atoms with Gasteiger partial charge in [0.15, 0.2) is 0 Å². The molecule has 0 fully saturated rings. The normalized spacial score (nSPS) is 11.0. The molecule has 6 heteroatoms. The Kier molecular flexibility index (Phi) is 5.24. The second-order valence-corrected chi connectivity index (χ2v) is 6.29. The van der Waals surface area contributed by atoms with E-state index in [0.29, 0.717) is 5.82 Å². The molecule has 0 saturated carbocycles. The van der Waals surface area contributed by atoms with Crippen molar-refractivity contribution in [3.8, 4) is 24.1 Å². The highest BCUT2D eigenvalue weighted by molar-refractivity contribution is 5.27. The molecule has 1 aromatic heterocycles. The minimum atomic E-state index is -0.461. The molecule has 0 unspecified atom stereocenters. The van der Waals surface area contributed by atoms with Gasteiger partial charge in [-0.2, -0.15) is 9.97 Å². The van der Waals surface area contributed by atoms with Crippen LogP contribution in [-0.2, 0) is 18.6 Å². The number of hydrogen-bond acceptors (Lipinski definition) is 5. The first kappa shape index (κ1) is 17.5. The van der Waals surface area contributed by atoms with Crippen LogP contribution in [0.15, 0.2) is 29.1 Å². The Labute approximate surface area is 141 Å². The van der Waals surface area contributed by atoms with Crippen LogP contribution in [0.25, 0.3) is 0 Å². The summed E-state index contributed by atoms with van der Waals surface area (Å²) >= 11 is 0. The van der Waals surface area contributed by atoms with E-state index in [2.05, 4.69) is 15.9 Å². The van der Waals surface area contributed by atoms with Gasteiger partial charge in [0.1, 0.15) is 18.2 Å².